The van der Waals surface area contributed by atoms with Crippen molar-refractivity contribution < 1.29 is 4.84 Å². The van der Waals surface area contributed by atoms with E-state index in [-0.39, 0.29) is 0 Å². The molecular weight excluding hydrogens is 392 g/mol. The first-order valence-electron chi connectivity index (χ1n) is 10.8. The molecule has 0 fully saturated rings. The number of benzene rings is 5. The summed E-state index contributed by atoms with van der Waals surface area (Å²) in [5.74, 6) is 0. The van der Waals surface area contributed by atoms with E-state index in [0.29, 0.717) is 0 Å². The van der Waals surface area contributed by atoms with Crippen molar-refractivity contribution in [2.24, 2.45) is 0 Å². The van der Waals surface area contributed by atoms with E-state index in [9.17, 15) is 0 Å². The SMILES string of the molecule is COn1c2ccccc2c2c3ccc4c(c3ccc21)c1ccccc1n4-c1ccccc1. The van der Waals surface area contributed by atoms with Crippen LogP contribution in [0.5, 0.6) is 0 Å². The molecule has 7 rings (SSSR count). The molecule has 0 amide bonds. The molecule has 3 nitrogen and oxygen atoms in total. The van der Waals surface area contributed by atoms with Crippen LogP contribution in [0, 0.1) is 0 Å². The van der Waals surface area contributed by atoms with Gasteiger partial charge in [0.25, 0.3) is 0 Å². The Bertz CT molecular complexity index is 1810. The van der Waals surface area contributed by atoms with Crippen LogP contribution in [0.4, 0.5) is 0 Å². The van der Waals surface area contributed by atoms with Crippen LogP contribution in [0.15, 0.2) is 103 Å². The molecule has 0 aliphatic heterocycles. The Kier molecular flexibility index (Phi) is 3.48. The van der Waals surface area contributed by atoms with Crippen molar-refractivity contribution in [3.63, 3.8) is 0 Å². The van der Waals surface area contributed by atoms with Crippen molar-refractivity contribution in [3.05, 3.63) is 103 Å². The molecule has 3 heteroatoms. The summed E-state index contributed by atoms with van der Waals surface area (Å²) >= 11 is 0. The number of aromatic nitrogens is 2. The average Bonchev–Trinajstić information content (AvgIpc) is 3.37. The van der Waals surface area contributed by atoms with E-state index in [4.69, 9.17) is 4.84 Å². The number of nitrogens with zero attached hydrogens (tertiary/aromatic N) is 2. The average molecular weight is 412 g/mol. The predicted octanol–water partition coefficient (Wildman–Crippen LogP) is 7.10. The second kappa shape index (κ2) is 6.38. The first-order valence-corrected chi connectivity index (χ1v) is 10.8. The van der Waals surface area contributed by atoms with Gasteiger partial charge in [0.2, 0.25) is 0 Å². The lowest BCUT2D eigenvalue weighted by atomic mass is 9.99. The van der Waals surface area contributed by atoms with E-state index in [1.807, 2.05) is 4.73 Å². The van der Waals surface area contributed by atoms with E-state index >= 15 is 0 Å². The fourth-order valence-corrected chi connectivity index (χ4v) is 5.36. The van der Waals surface area contributed by atoms with Crippen molar-refractivity contribution >= 4 is 54.4 Å². The van der Waals surface area contributed by atoms with Crippen LogP contribution >= 0.6 is 0 Å². The topological polar surface area (TPSA) is 19.1 Å². The van der Waals surface area contributed by atoms with Gasteiger partial charge in [0.1, 0.15) is 7.11 Å². The standard InChI is InChI=1S/C29H20N2O/c1-32-31-25-14-8-6-12-23(25)29-21-15-17-26-28(20(21)16-18-27(29)31)22-11-5-7-13-24(22)30(26)19-9-3-2-4-10-19/h2-18H,1H3. The number of rotatable bonds is 2. The summed E-state index contributed by atoms with van der Waals surface area (Å²) < 4.78 is 4.30. The lowest BCUT2D eigenvalue weighted by molar-refractivity contribution is 0.190. The third-order valence-electron chi connectivity index (χ3n) is 6.62. The molecule has 32 heavy (non-hydrogen) atoms. The highest BCUT2D eigenvalue weighted by atomic mass is 16.6. The molecular formula is C29H20N2O. The van der Waals surface area contributed by atoms with E-state index in [1.54, 1.807) is 7.11 Å². The monoisotopic (exact) mass is 412 g/mol. The highest BCUT2D eigenvalue weighted by Crippen LogP contribution is 2.41. The molecule has 0 aliphatic rings. The zero-order valence-electron chi connectivity index (χ0n) is 17.6. The summed E-state index contributed by atoms with van der Waals surface area (Å²) in [5, 5.41) is 7.52. The van der Waals surface area contributed by atoms with Crippen molar-refractivity contribution in [1.29, 1.82) is 0 Å². The normalized spacial score (nSPS) is 11.9. The molecule has 0 saturated carbocycles. The maximum Gasteiger partial charge on any atom is 0.104 e. The van der Waals surface area contributed by atoms with Gasteiger partial charge in [-0.05, 0) is 47.2 Å². The molecule has 152 valence electrons. The van der Waals surface area contributed by atoms with Crippen LogP contribution in [0.25, 0.3) is 60.1 Å². The molecule has 0 saturated heterocycles. The molecule has 0 atom stereocenters. The fraction of sp³-hybridized carbons (Fsp3) is 0.0345. The molecule has 0 N–H and O–H groups in total. The lowest BCUT2D eigenvalue weighted by Crippen LogP contribution is -2.04. The van der Waals surface area contributed by atoms with Crippen LogP contribution in [0.2, 0.25) is 0 Å². The predicted molar refractivity (Wildman–Crippen MR) is 134 cm³/mol. The smallest absolute Gasteiger partial charge is 0.104 e. The van der Waals surface area contributed by atoms with Gasteiger partial charge in [0.15, 0.2) is 0 Å². The quantitative estimate of drug-likeness (QED) is 0.296. The second-order valence-corrected chi connectivity index (χ2v) is 8.20. The Balaban J connectivity index is 1.72. The van der Waals surface area contributed by atoms with E-state index in [1.165, 1.54) is 49.0 Å². The third kappa shape index (κ3) is 2.15. The minimum atomic E-state index is 1.09. The molecule has 0 bridgehead atoms. The zero-order chi connectivity index (χ0) is 21.2. The van der Waals surface area contributed by atoms with Crippen molar-refractivity contribution in [1.82, 2.24) is 9.30 Å². The number of para-hydroxylation sites is 3. The van der Waals surface area contributed by atoms with Gasteiger partial charge in [-0.25, -0.2) is 0 Å². The Labute approximate surface area is 184 Å². The van der Waals surface area contributed by atoms with Gasteiger partial charge in [0.05, 0.1) is 22.1 Å². The first kappa shape index (κ1) is 17.4. The molecule has 5 aromatic carbocycles. The lowest BCUT2D eigenvalue weighted by Gasteiger charge is -2.09. The van der Waals surface area contributed by atoms with Crippen molar-refractivity contribution in [2.45, 2.75) is 0 Å². The summed E-state index contributed by atoms with van der Waals surface area (Å²) in [5.41, 5.74) is 5.80. The Hall–Kier alpha value is -4.24. The largest absolute Gasteiger partial charge is 0.416 e. The minimum Gasteiger partial charge on any atom is -0.416 e. The van der Waals surface area contributed by atoms with Crippen LogP contribution in [-0.4, -0.2) is 16.4 Å². The van der Waals surface area contributed by atoms with E-state index < -0.39 is 0 Å². The van der Waals surface area contributed by atoms with Gasteiger partial charge in [0, 0.05) is 27.2 Å². The van der Waals surface area contributed by atoms with Gasteiger partial charge >= 0.3 is 0 Å². The molecule has 0 aliphatic carbocycles. The molecule has 7 aromatic rings. The third-order valence-corrected chi connectivity index (χ3v) is 6.62. The van der Waals surface area contributed by atoms with Gasteiger partial charge in [-0.15, -0.1) is 0 Å². The maximum atomic E-state index is 5.76. The maximum absolute atomic E-state index is 5.76. The summed E-state index contributed by atoms with van der Waals surface area (Å²) in [6.45, 7) is 0. The van der Waals surface area contributed by atoms with Gasteiger partial charge in [-0.2, -0.15) is 4.73 Å². The first-order chi connectivity index (χ1) is 15.9. The van der Waals surface area contributed by atoms with Gasteiger partial charge < -0.3 is 9.40 Å². The Morgan fingerprint density at radius 2 is 1.03 bits per heavy atom. The second-order valence-electron chi connectivity index (χ2n) is 8.20. The number of hydrogen-bond donors (Lipinski definition) is 0. The van der Waals surface area contributed by atoms with Crippen LogP contribution in [0.1, 0.15) is 0 Å². The van der Waals surface area contributed by atoms with Crippen LogP contribution < -0.4 is 4.84 Å². The number of hydrogen-bond acceptors (Lipinski definition) is 1. The Morgan fingerprint density at radius 1 is 0.469 bits per heavy atom. The van der Waals surface area contributed by atoms with E-state index in [0.717, 1.165) is 11.0 Å². The molecule has 0 unspecified atom stereocenters. The summed E-state index contributed by atoms with van der Waals surface area (Å²) in [7, 11) is 1.73. The molecule has 2 heterocycles. The van der Waals surface area contributed by atoms with Crippen LogP contribution in [0.3, 0.4) is 0 Å². The van der Waals surface area contributed by atoms with E-state index in [2.05, 4.69) is 108 Å². The van der Waals surface area contributed by atoms with Gasteiger partial charge in [-0.1, -0.05) is 66.7 Å². The Morgan fingerprint density at radius 3 is 1.75 bits per heavy atom. The summed E-state index contributed by atoms with van der Waals surface area (Å²) in [6.07, 6.45) is 0. The van der Waals surface area contributed by atoms with Gasteiger partial charge in [-0.3, -0.25) is 0 Å². The van der Waals surface area contributed by atoms with Crippen molar-refractivity contribution in [2.75, 3.05) is 7.11 Å². The zero-order valence-corrected chi connectivity index (χ0v) is 17.6. The molecule has 2 aromatic heterocycles. The fourth-order valence-electron chi connectivity index (χ4n) is 5.36. The molecule has 0 radical (unpaired) electrons. The highest BCUT2D eigenvalue weighted by Gasteiger charge is 2.18. The highest BCUT2D eigenvalue weighted by molar-refractivity contribution is 6.29. The van der Waals surface area contributed by atoms with Crippen LogP contribution in [-0.2, 0) is 0 Å². The summed E-state index contributed by atoms with van der Waals surface area (Å²) in [6, 6.07) is 36.7. The minimum absolute atomic E-state index is 1.09. The number of fused-ring (bicyclic) bond motifs is 9. The van der Waals surface area contributed by atoms with Crippen molar-refractivity contribution in [3.8, 4) is 5.69 Å². The molecule has 0 spiro atoms. The summed E-state index contributed by atoms with van der Waals surface area (Å²) in [4.78, 5) is 5.76.